The first-order chi connectivity index (χ1) is 8.10. The topological polar surface area (TPSA) is 74.6 Å². The predicted octanol–water partition coefficient (Wildman–Crippen LogP) is 3.40. The Hall–Kier alpha value is -1.06. The van der Waals surface area contributed by atoms with Gasteiger partial charge in [-0.05, 0) is 36.5 Å². The van der Waals surface area contributed by atoms with Crippen LogP contribution in [0.2, 0.25) is 0 Å². The molecular formula is C14H26O4. The lowest BCUT2D eigenvalue weighted by Crippen LogP contribution is -2.17. The number of aliphatic carboxylic acids is 2. The molecule has 0 heterocycles. The largest absolute Gasteiger partial charge is 0.481 e. The molecule has 0 aliphatic carbocycles. The Bertz CT molecular complexity index is 278. The number of hydrogen-bond donors (Lipinski definition) is 2. The zero-order valence-electron chi connectivity index (χ0n) is 11.9. The van der Waals surface area contributed by atoms with E-state index >= 15 is 0 Å². The van der Waals surface area contributed by atoms with Gasteiger partial charge in [-0.3, -0.25) is 9.59 Å². The first kappa shape index (κ1) is 16.9. The van der Waals surface area contributed by atoms with Crippen molar-refractivity contribution in [3.05, 3.63) is 0 Å². The van der Waals surface area contributed by atoms with Crippen molar-refractivity contribution < 1.29 is 19.8 Å². The average molecular weight is 258 g/mol. The third kappa shape index (κ3) is 10.1. The van der Waals surface area contributed by atoms with Crippen molar-refractivity contribution in [2.75, 3.05) is 0 Å². The van der Waals surface area contributed by atoms with Gasteiger partial charge in [-0.1, -0.05) is 27.7 Å². The smallest absolute Gasteiger partial charge is 0.303 e. The van der Waals surface area contributed by atoms with E-state index in [4.69, 9.17) is 10.2 Å². The van der Waals surface area contributed by atoms with E-state index in [0.29, 0.717) is 12.3 Å². The van der Waals surface area contributed by atoms with Gasteiger partial charge in [0.15, 0.2) is 0 Å². The normalized spacial score (nSPS) is 15.1. The summed E-state index contributed by atoms with van der Waals surface area (Å²) in [6.45, 7) is 8.59. The molecule has 0 fully saturated rings. The van der Waals surface area contributed by atoms with Gasteiger partial charge in [-0.25, -0.2) is 0 Å². The summed E-state index contributed by atoms with van der Waals surface area (Å²) in [5.41, 5.74) is 0.222. The van der Waals surface area contributed by atoms with Crippen LogP contribution in [-0.2, 0) is 9.59 Å². The van der Waals surface area contributed by atoms with Gasteiger partial charge in [-0.2, -0.15) is 0 Å². The molecule has 0 aromatic rings. The van der Waals surface area contributed by atoms with Crippen molar-refractivity contribution in [3.63, 3.8) is 0 Å². The molecule has 0 saturated heterocycles. The van der Waals surface area contributed by atoms with E-state index in [0.717, 1.165) is 12.8 Å². The maximum Gasteiger partial charge on any atom is 0.303 e. The zero-order chi connectivity index (χ0) is 14.3. The van der Waals surface area contributed by atoms with Gasteiger partial charge in [0.1, 0.15) is 0 Å². The van der Waals surface area contributed by atoms with E-state index in [1.54, 1.807) is 0 Å². The lowest BCUT2D eigenvalue weighted by atomic mass is 9.80. The second-order valence-corrected chi connectivity index (χ2v) is 6.50. The molecule has 0 rings (SSSR count). The summed E-state index contributed by atoms with van der Waals surface area (Å²) in [7, 11) is 0. The molecule has 0 aromatic heterocycles. The third-order valence-electron chi connectivity index (χ3n) is 2.93. The summed E-state index contributed by atoms with van der Waals surface area (Å²) < 4.78 is 0. The fraction of sp³-hybridized carbons (Fsp3) is 0.857. The van der Waals surface area contributed by atoms with E-state index in [9.17, 15) is 9.59 Å². The van der Waals surface area contributed by atoms with Crippen molar-refractivity contribution in [2.24, 2.45) is 17.3 Å². The number of carboxylic acids is 2. The highest BCUT2D eigenvalue weighted by atomic mass is 16.4. The summed E-state index contributed by atoms with van der Waals surface area (Å²) in [6, 6.07) is 0. The van der Waals surface area contributed by atoms with E-state index in [-0.39, 0.29) is 24.2 Å². The molecule has 0 spiro atoms. The van der Waals surface area contributed by atoms with Gasteiger partial charge in [0.2, 0.25) is 0 Å². The van der Waals surface area contributed by atoms with E-state index in [2.05, 4.69) is 27.7 Å². The average Bonchev–Trinajstić information content (AvgIpc) is 2.09. The van der Waals surface area contributed by atoms with Gasteiger partial charge in [0, 0.05) is 12.8 Å². The fourth-order valence-electron chi connectivity index (χ4n) is 2.58. The minimum absolute atomic E-state index is 0.0315. The summed E-state index contributed by atoms with van der Waals surface area (Å²) in [5.74, 6) is -1.30. The molecule has 2 N–H and O–H groups in total. The Labute approximate surface area is 109 Å². The number of rotatable bonds is 8. The molecule has 0 amide bonds. The second-order valence-electron chi connectivity index (χ2n) is 6.50. The summed E-state index contributed by atoms with van der Waals surface area (Å²) in [6.07, 6.45) is 2.39. The molecular weight excluding hydrogens is 232 g/mol. The molecule has 0 aliphatic heterocycles. The Balaban J connectivity index is 4.29. The highest BCUT2D eigenvalue weighted by molar-refractivity contribution is 5.68. The van der Waals surface area contributed by atoms with Crippen molar-refractivity contribution in [1.29, 1.82) is 0 Å². The highest BCUT2D eigenvalue weighted by Gasteiger charge is 2.21. The lowest BCUT2D eigenvalue weighted by molar-refractivity contribution is -0.140. The third-order valence-corrected chi connectivity index (χ3v) is 2.93. The molecule has 4 heteroatoms. The SMILES string of the molecule is CC(CC(CCC(=O)O)CC(=O)O)CC(C)(C)C. The Kier molecular flexibility index (Phi) is 6.96. The van der Waals surface area contributed by atoms with E-state index in [1.165, 1.54) is 0 Å². The molecule has 0 radical (unpaired) electrons. The maximum absolute atomic E-state index is 10.8. The van der Waals surface area contributed by atoms with Crippen LogP contribution in [0.3, 0.4) is 0 Å². The van der Waals surface area contributed by atoms with Crippen LogP contribution >= 0.6 is 0 Å². The predicted molar refractivity (Wildman–Crippen MR) is 70.5 cm³/mol. The van der Waals surface area contributed by atoms with Crippen LogP contribution in [0.1, 0.15) is 59.8 Å². The van der Waals surface area contributed by atoms with Crippen molar-refractivity contribution in [1.82, 2.24) is 0 Å². The van der Waals surface area contributed by atoms with Crippen LogP contribution < -0.4 is 0 Å². The lowest BCUT2D eigenvalue weighted by Gasteiger charge is -2.26. The van der Waals surface area contributed by atoms with Crippen LogP contribution in [0, 0.1) is 17.3 Å². The Morgan fingerprint density at radius 2 is 1.67 bits per heavy atom. The molecule has 0 aliphatic rings. The van der Waals surface area contributed by atoms with E-state index < -0.39 is 11.9 Å². The van der Waals surface area contributed by atoms with Crippen molar-refractivity contribution in [2.45, 2.75) is 59.8 Å². The summed E-state index contributed by atoms with van der Waals surface area (Å²) >= 11 is 0. The minimum Gasteiger partial charge on any atom is -0.481 e. The van der Waals surface area contributed by atoms with Gasteiger partial charge >= 0.3 is 11.9 Å². The molecule has 0 aromatic carbocycles. The highest BCUT2D eigenvalue weighted by Crippen LogP contribution is 2.30. The quantitative estimate of drug-likeness (QED) is 0.699. The fourth-order valence-corrected chi connectivity index (χ4v) is 2.58. The van der Waals surface area contributed by atoms with E-state index in [1.807, 2.05) is 0 Å². The zero-order valence-corrected chi connectivity index (χ0v) is 11.9. The molecule has 0 saturated carbocycles. The number of hydrogen-bond acceptors (Lipinski definition) is 2. The Morgan fingerprint density at radius 1 is 1.11 bits per heavy atom. The standard InChI is InChI=1S/C14H26O4/c1-10(9-14(2,3)4)7-11(8-13(17)18)5-6-12(15)16/h10-11H,5-9H2,1-4H3,(H,15,16)(H,17,18). The molecule has 0 bridgehead atoms. The first-order valence-corrected chi connectivity index (χ1v) is 6.53. The van der Waals surface area contributed by atoms with Gasteiger partial charge < -0.3 is 10.2 Å². The van der Waals surface area contributed by atoms with Crippen LogP contribution in [0.25, 0.3) is 0 Å². The second kappa shape index (κ2) is 7.39. The molecule has 106 valence electrons. The minimum atomic E-state index is -0.853. The van der Waals surface area contributed by atoms with Crippen molar-refractivity contribution in [3.8, 4) is 0 Å². The molecule has 2 unspecified atom stereocenters. The van der Waals surface area contributed by atoms with Gasteiger partial charge in [0.05, 0.1) is 0 Å². The maximum atomic E-state index is 10.8. The molecule has 18 heavy (non-hydrogen) atoms. The number of carbonyl (C=O) groups is 2. The summed E-state index contributed by atoms with van der Waals surface area (Å²) in [5, 5.41) is 17.5. The van der Waals surface area contributed by atoms with Crippen LogP contribution in [0.15, 0.2) is 0 Å². The van der Waals surface area contributed by atoms with Crippen LogP contribution in [-0.4, -0.2) is 22.2 Å². The summed E-state index contributed by atoms with van der Waals surface area (Å²) in [4.78, 5) is 21.3. The van der Waals surface area contributed by atoms with Crippen molar-refractivity contribution >= 4 is 11.9 Å². The number of carboxylic acid groups (broad SMARTS) is 2. The van der Waals surface area contributed by atoms with Crippen LogP contribution in [0.4, 0.5) is 0 Å². The van der Waals surface area contributed by atoms with Crippen LogP contribution in [0.5, 0.6) is 0 Å². The monoisotopic (exact) mass is 258 g/mol. The first-order valence-electron chi connectivity index (χ1n) is 6.53. The van der Waals surface area contributed by atoms with Gasteiger partial charge in [-0.15, -0.1) is 0 Å². The molecule has 2 atom stereocenters. The Morgan fingerprint density at radius 3 is 2.06 bits per heavy atom. The van der Waals surface area contributed by atoms with Gasteiger partial charge in [0.25, 0.3) is 0 Å². The molecule has 4 nitrogen and oxygen atoms in total.